The van der Waals surface area contributed by atoms with Gasteiger partial charge in [0, 0.05) is 19.1 Å². The zero-order valence-corrected chi connectivity index (χ0v) is 11.5. The summed E-state index contributed by atoms with van der Waals surface area (Å²) in [5, 5.41) is 0. The number of methoxy groups -OCH3 is 1. The molecule has 1 heterocycles. The highest BCUT2D eigenvalue weighted by molar-refractivity contribution is 5.74. The van der Waals surface area contributed by atoms with Gasteiger partial charge in [-0.3, -0.25) is 0 Å². The molecule has 0 radical (unpaired) electrons. The normalized spacial score (nSPS) is 21.7. The average molecular weight is 249 g/mol. The van der Waals surface area contributed by atoms with Crippen LogP contribution in [0, 0.1) is 0 Å². The molecule has 1 fully saturated rings. The van der Waals surface area contributed by atoms with Gasteiger partial charge >= 0.3 is 0 Å². The van der Waals surface area contributed by atoms with Gasteiger partial charge in [0.15, 0.2) is 0 Å². The second-order valence-electron chi connectivity index (χ2n) is 5.05. The van der Waals surface area contributed by atoms with Crippen molar-refractivity contribution in [1.29, 1.82) is 0 Å². The molecule has 4 heteroatoms. The Morgan fingerprint density at radius 3 is 2.83 bits per heavy atom. The summed E-state index contributed by atoms with van der Waals surface area (Å²) < 4.78 is 5.30. The predicted octanol–water partition coefficient (Wildman–Crippen LogP) is 1.81. The number of benzene rings is 1. The van der Waals surface area contributed by atoms with Crippen LogP contribution in [0.2, 0.25) is 0 Å². The lowest BCUT2D eigenvalue weighted by molar-refractivity contribution is 0.337. The number of nitrogens with zero attached hydrogens (tertiary/aromatic N) is 2. The van der Waals surface area contributed by atoms with E-state index in [-0.39, 0.29) is 0 Å². The summed E-state index contributed by atoms with van der Waals surface area (Å²) in [5.74, 6) is 0.761. The van der Waals surface area contributed by atoms with Crippen LogP contribution in [0.15, 0.2) is 18.2 Å². The topological polar surface area (TPSA) is 41.7 Å². The van der Waals surface area contributed by atoms with Gasteiger partial charge in [-0.25, -0.2) is 0 Å². The van der Waals surface area contributed by atoms with E-state index < -0.39 is 0 Å². The number of para-hydroxylation sites is 1. The van der Waals surface area contributed by atoms with Crippen LogP contribution in [0.4, 0.5) is 11.4 Å². The second-order valence-corrected chi connectivity index (χ2v) is 5.05. The van der Waals surface area contributed by atoms with Crippen molar-refractivity contribution in [2.75, 3.05) is 44.4 Å². The van der Waals surface area contributed by atoms with Crippen molar-refractivity contribution in [2.45, 2.75) is 19.4 Å². The Hall–Kier alpha value is -1.42. The summed E-state index contributed by atoms with van der Waals surface area (Å²) in [4.78, 5) is 4.77. The van der Waals surface area contributed by atoms with Crippen molar-refractivity contribution < 1.29 is 4.74 Å². The molecular weight excluding hydrogens is 226 g/mol. The lowest BCUT2D eigenvalue weighted by atomic mass is 10.2. The fourth-order valence-electron chi connectivity index (χ4n) is 2.69. The van der Waals surface area contributed by atoms with Gasteiger partial charge in [-0.1, -0.05) is 6.07 Å². The third kappa shape index (κ3) is 2.53. The zero-order chi connectivity index (χ0) is 13.1. The van der Waals surface area contributed by atoms with Crippen LogP contribution in [0.25, 0.3) is 0 Å². The van der Waals surface area contributed by atoms with Crippen LogP contribution in [-0.2, 0) is 0 Å². The van der Waals surface area contributed by atoms with Crippen molar-refractivity contribution in [3.63, 3.8) is 0 Å². The molecule has 1 aromatic rings. The summed E-state index contributed by atoms with van der Waals surface area (Å²) in [6.45, 7) is 5.50. The van der Waals surface area contributed by atoms with E-state index in [4.69, 9.17) is 10.5 Å². The maximum absolute atomic E-state index is 6.19. The molecule has 4 nitrogen and oxygen atoms in total. The minimum absolute atomic E-state index is 0.465. The van der Waals surface area contributed by atoms with Crippen LogP contribution >= 0.6 is 0 Å². The fraction of sp³-hybridized carbons (Fsp3) is 0.571. The van der Waals surface area contributed by atoms with E-state index in [0.717, 1.165) is 43.2 Å². The molecule has 1 saturated heterocycles. The van der Waals surface area contributed by atoms with Gasteiger partial charge in [-0.05, 0) is 39.1 Å². The molecule has 0 bridgehead atoms. The summed E-state index contributed by atoms with van der Waals surface area (Å²) in [6.07, 6.45) is 1.16. The monoisotopic (exact) mass is 249 g/mol. The standard InChI is InChI=1S/C14H23N3O/c1-11-10-16(2)8-5-9-17(11)12-6-4-7-13(18-3)14(12)15/h4,6-7,11H,5,8-10,15H2,1-3H3. The van der Waals surface area contributed by atoms with E-state index in [1.54, 1.807) is 7.11 Å². The van der Waals surface area contributed by atoms with Crippen LogP contribution in [-0.4, -0.2) is 44.7 Å². The first-order valence-electron chi connectivity index (χ1n) is 6.51. The van der Waals surface area contributed by atoms with E-state index in [1.165, 1.54) is 0 Å². The zero-order valence-electron chi connectivity index (χ0n) is 11.5. The average Bonchev–Trinajstić information content (AvgIpc) is 2.51. The van der Waals surface area contributed by atoms with Gasteiger partial charge in [-0.15, -0.1) is 0 Å². The van der Waals surface area contributed by atoms with E-state index in [2.05, 4.69) is 29.8 Å². The molecule has 0 aromatic heterocycles. The number of rotatable bonds is 2. The van der Waals surface area contributed by atoms with Gasteiger partial charge in [0.2, 0.25) is 0 Å². The lowest BCUT2D eigenvalue weighted by Gasteiger charge is -2.31. The highest BCUT2D eigenvalue weighted by Crippen LogP contribution is 2.33. The third-order valence-electron chi connectivity index (χ3n) is 3.62. The molecule has 1 aliphatic rings. The van der Waals surface area contributed by atoms with Crippen LogP contribution in [0.3, 0.4) is 0 Å². The summed E-state index contributed by atoms with van der Waals surface area (Å²) >= 11 is 0. The number of hydrogen-bond donors (Lipinski definition) is 1. The molecule has 1 atom stereocenters. The van der Waals surface area contributed by atoms with E-state index >= 15 is 0 Å². The maximum atomic E-state index is 6.19. The van der Waals surface area contributed by atoms with E-state index in [9.17, 15) is 0 Å². The molecule has 100 valence electrons. The van der Waals surface area contributed by atoms with Gasteiger partial charge in [0.25, 0.3) is 0 Å². The largest absolute Gasteiger partial charge is 0.495 e. The van der Waals surface area contributed by atoms with Gasteiger partial charge < -0.3 is 20.3 Å². The van der Waals surface area contributed by atoms with Crippen molar-refractivity contribution in [3.05, 3.63) is 18.2 Å². The Morgan fingerprint density at radius 1 is 1.33 bits per heavy atom. The Morgan fingerprint density at radius 2 is 2.11 bits per heavy atom. The minimum atomic E-state index is 0.465. The Balaban J connectivity index is 2.29. The fourth-order valence-corrected chi connectivity index (χ4v) is 2.69. The summed E-state index contributed by atoms with van der Waals surface area (Å²) in [6, 6.07) is 6.46. The second kappa shape index (κ2) is 5.48. The molecule has 2 rings (SSSR count). The van der Waals surface area contributed by atoms with Gasteiger partial charge in [0.1, 0.15) is 5.75 Å². The number of nitrogens with two attached hydrogens (primary N) is 1. The quantitative estimate of drug-likeness (QED) is 0.812. The SMILES string of the molecule is COc1cccc(N2CCCN(C)CC2C)c1N. The number of likely N-dealkylation sites (N-methyl/N-ethyl adjacent to an activating group) is 1. The van der Waals surface area contributed by atoms with Gasteiger partial charge in [0.05, 0.1) is 18.5 Å². The van der Waals surface area contributed by atoms with Crippen LogP contribution < -0.4 is 15.4 Å². The number of anilines is 2. The molecular formula is C14H23N3O. The first-order valence-corrected chi connectivity index (χ1v) is 6.51. The number of nitrogen functional groups attached to an aromatic ring is 1. The van der Waals surface area contributed by atoms with Crippen molar-refractivity contribution in [1.82, 2.24) is 4.90 Å². The molecule has 2 N–H and O–H groups in total. The van der Waals surface area contributed by atoms with E-state index in [1.807, 2.05) is 12.1 Å². The van der Waals surface area contributed by atoms with Crippen molar-refractivity contribution >= 4 is 11.4 Å². The number of hydrogen-bond acceptors (Lipinski definition) is 4. The Kier molecular flexibility index (Phi) is 3.97. The summed E-state index contributed by atoms with van der Waals surface area (Å²) in [5.41, 5.74) is 8.03. The lowest BCUT2D eigenvalue weighted by Crippen LogP contribution is -2.38. The smallest absolute Gasteiger partial charge is 0.143 e. The van der Waals surface area contributed by atoms with E-state index in [0.29, 0.717) is 6.04 Å². The number of ether oxygens (including phenoxy) is 1. The minimum Gasteiger partial charge on any atom is -0.495 e. The van der Waals surface area contributed by atoms with Crippen molar-refractivity contribution in [3.8, 4) is 5.75 Å². The first-order chi connectivity index (χ1) is 8.63. The Bertz CT molecular complexity index is 408. The molecule has 1 unspecified atom stereocenters. The van der Waals surface area contributed by atoms with Gasteiger partial charge in [-0.2, -0.15) is 0 Å². The Labute approximate surface area is 109 Å². The molecule has 0 aliphatic carbocycles. The highest BCUT2D eigenvalue weighted by atomic mass is 16.5. The van der Waals surface area contributed by atoms with Crippen LogP contribution in [0.5, 0.6) is 5.75 Å². The summed E-state index contributed by atoms with van der Waals surface area (Å²) in [7, 11) is 3.84. The van der Waals surface area contributed by atoms with Crippen molar-refractivity contribution in [2.24, 2.45) is 0 Å². The molecule has 0 amide bonds. The molecule has 1 aromatic carbocycles. The molecule has 1 aliphatic heterocycles. The maximum Gasteiger partial charge on any atom is 0.143 e. The van der Waals surface area contributed by atoms with Crippen LogP contribution in [0.1, 0.15) is 13.3 Å². The molecule has 0 saturated carbocycles. The molecule has 0 spiro atoms. The third-order valence-corrected chi connectivity index (χ3v) is 3.62. The highest BCUT2D eigenvalue weighted by Gasteiger charge is 2.22. The molecule has 18 heavy (non-hydrogen) atoms. The first kappa shape index (κ1) is 13.0. The predicted molar refractivity (Wildman–Crippen MR) is 76.3 cm³/mol.